The van der Waals surface area contributed by atoms with Gasteiger partial charge in [-0.1, -0.05) is 109 Å². The van der Waals surface area contributed by atoms with Gasteiger partial charge in [0, 0.05) is 33.4 Å². The van der Waals surface area contributed by atoms with Crippen LogP contribution >= 0.6 is 0 Å². The first-order valence-corrected chi connectivity index (χ1v) is 16.2. The Hall–Kier alpha value is -5.17. The van der Waals surface area contributed by atoms with Gasteiger partial charge in [-0.3, -0.25) is 0 Å². The van der Waals surface area contributed by atoms with Crippen molar-refractivity contribution in [2.75, 3.05) is 0 Å². The molecule has 2 aliphatic rings. The molecule has 0 unspecified atom stereocenters. The molecule has 50 heavy (non-hydrogen) atoms. The van der Waals surface area contributed by atoms with Crippen molar-refractivity contribution in [3.8, 4) is 39.1 Å². The first kappa shape index (κ1) is 33.3. The van der Waals surface area contributed by atoms with Crippen LogP contribution in [0.25, 0.3) is 85.4 Å². The van der Waals surface area contributed by atoms with Crippen molar-refractivity contribution >= 4 is 46.4 Å². The molecule has 6 heteroatoms. The van der Waals surface area contributed by atoms with Gasteiger partial charge in [-0.2, -0.15) is 0 Å². The van der Waals surface area contributed by atoms with Gasteiger partial charge in [-0.05, 0) is 83.5 Å². The summed E-state index contributed by atoms with van der Waals surface area (Å²) in [6, 6.07) is 53.3. The Balaban J connectivity index is 0.00000196. The van der Waals surface area contributed by atoms with Crippen molar-refractivity contribution < 1.29 is 43.5 Å². The number of rotatable bonds is 4. The summed E-state index contributed by atoms with van der Waals surface area (Å²) in [5.74, 6) is 0. The SMILES string of the molecule is C1=Cc2cc3c(-c4ccccc4)c(-c4ccccc4)c(c(-c4ccccc4)c4nc(cc5ccc(cc1n2)[nH]5)C=C4)n3-c1ccccc1.[I-].[Rh+3]. The summed E-state index contributed by atoms with van der Waals surface area (Å²) in [6.07, 6.45) is 8.44. The van der Waals surface area contributed by atoms with Crippen LogP contribution in [0, 0.1) is 0 Å². The number of hydrogen-bond donors (Lipinski definition) is 1. The molecular formula is C44H30IN4Rh+2. The number of aromatic amines is 1. The maximum absolute atomic E-state index is 5.29. The quantitative estimate of drug-likeness (QED) is 0.144. The number of hydrogen-bond acceptors (Lipinski definition) is 2. The van der Waals surface area contributed by atoms with Crippen molar-refractivity contribution in [1.29, 1.82) is 0 Å². The van der Waals surface area contributed by atoms with E-state index in [0.29, 0.717) is 0 Å². The number of halogens is 1. The zero-order chi connectivity index (χ0) is 31.9. The van der Waals surface area contributed by atoms with Crippen LogP contribution in [0.5, 0.6) is 0 Å². The molecule has 240 valence electrons. The van der Waals surface area contributed by atoms with Gasteiger partial charge in [-0.25, -0.2) is 9.97 Å². The van der Waals surface area contributed by atoms with E-state index >= 15 is 0 Å². The Kier molecular flexibility index (Phi) is 9.57. The molecule has 2 aliphatic heterocycles. The predicted molar refractivity (Wildman–Crippen MR) is 200 cm³/mol. The molecule has 0 fully saturated rings. The molecule has 5 heterocycles. The topological polar surface area (TPSA) is 46.5 Å². The van der Waals surface area contributed by atoms with Crippen LogP contribution < -0.4 is 24.0 Å². The fourth-order valence-corrected chi connectivity index (χ4v) is 6.81. The minimum absolute atomic E-state index is 0. The largest absolute Gasteiger partial charge is 3.00 e. The van der Waals surface area contributed by atoms with E-state index < -0.39 is 0 Å². The molecule has 3 aromatic heterocycles. The average molecular weight is 845 g/mol. The fraction of sp³-hybridized carbons (Fsp3) is 0. The Bertz CT molecular complexity index is 2540. The molecule has 1 N–H and O–H groups in total. The number of nitrogens with one attached hydrogen (secondary N) is 1. The monoisotopic (exact) mass is 844 g/mol. The van der Waals surface area contributed by atoms with Crippen molar-refractivity contribution in [1.82, 2.24) is 19.5 Å². The van der Waals surface area contributed by atoms with Crippen molar-refractivity contribution in [2.45, 2.75) is 0 Å². The standard InChI is InChI=1S/C44H30N4.HI.Rh/c1-5-13-30(14-6-1)41-39-26-25-36(47-39)28-35-22-21-33(45-35)27-34-23-24-37(46-34)29-40-42(31-15-7-2-8-16-31)43(32-17-9-3-10-18-32)44(41)48(40)38-19-11-4-12-20-38;;/h1-29,45H;1H;/q;;+3/p-1. The maximum Gasteiger partial charge on any atom is 3.00 e. The summed E-state index contributed by atoms with van der Waals surface area (Å²) < 4.78 is 2.41. The van der Waals surface area contributed by atoms with Gasteiger partial charge in [0.05, 0.1) is 33.8 Å². The second-order valence-electron chi connectivity index (χ2n) is 12.0. The second-order valence-corrected chi connectivity index (χ2v) is 12.0. The molecule has 8 bridgehead atoms. The third-order valence-electron chi connectivity index (χ3n) is 8.87. The van der Waals surface area contributed by atoms with E-state index in [0.717, 1.165) is 83.9 Å². The van der Waals surface area contributed by atoms with Crippen molar-refractivity contribution in [3.63, 3.8) is 0 Å². The number of H-pyrrole nitrogens is 1. The molecule has 0 radical (unpaired) electrons. The Morgan fingerprint density at radius 1 is 0.440 bits per heavy atom. The molecule has 9 rings (SSSR count). The van der Waals surface area contributed by atoms with Gasteiger partial charge in [0.15, 0.2) is 0 Å². The zero-order valence-electron chi connectivity index (χ0n) is 26.8. The third-order valence-corrected chi connectivity index (χ3v) is 8.87. The van der Waals surface area contributed by atoms with Gasteiger partial charge in [-0.15, -0.1) is 0 Å². The van der Waals surface area contributed by atoms with E-state index in [-0.39, 0.29) is 43.5 Å². The molecule has 7 aromatic rings. The Labute approximate surface area is 320 Å². The van der Waals surface area contributed by atoms with Gasteiger partial charge < -0.3 is 33.5 Å². The molecule has 4 nitrogen and oxygen atoms in total. The van der Waals surface area contributed by atoms with E-state index in [9.17, 15) is 0 Å². The molecule has 0 saturated heterocycles. The van der Waals surface area contributed by atoms with Crippen molar-refractivity contribution in [2.24, 2.45) is 0 Å². The number of nitrogens with zero attached hydrogens (tertiary/aromatic N) is 3. The maximum atomic E-state index is 5.29. The molecule has 4 aromatic carbocycles. The Morgan fingerprint density at radius 2 is 0.900 bits per heavy atom. The summed E-state index contributed by atoms with van der Waals surface area (Å²) >= 11 is 0. The summed E-state index contributed by atoms with van der Waals surface area (Å²) in [7, 11) is 0. The average Bonchev–Trinajstić information content (AvgIpc) is 3.95. The number of benzene rings is 4. The van der Waals surface area contributed by atoms with E-state index in [4.69, 9.17) is 9.97 Å². The van der Waals surface area contributed by atoms with Gasteiger partial charge in [0.25, 0.3) is 0 Å². The van der Waals surface area contributed by atoms with Gasteiger partial charge in [0.1, 0.15) is 0 Å². The van der Waals surface area contributed by atoms with Crippen LogP contribution in [0.1, 0.15) is 22.8 Å². The molecule has 0 spiro atoms. The smallest absolute Gasteiger partial charge is 1.00 e. The van der Waals surface area contributed by atoms with E-state index in [1.807, 2.05) is 0 Å². The summed E-state index contributed by atoms with van der Waals surface area (Å²) in [5.41, 5.74) is 15.4. The van der Waals surface area contributed by atoms with Crippen LogP contribution in [-0.2, 0) is 19.5 Å². The molecular weight excluding hydrogens is 814 g/mol. The summed E-state index contributed by atoms with van der Waals surface area (Å²) in [4.78, 5) is 13.9. The molecule has 0 saturated carbocycles. The first-order valence-electron chi connectivity index (χ1n) is 16.2. The summed E-state index contributed by atoms with van der Waals surface area (Å²) in [5, 5.41) is 0. The number of aromatic nitrogens is 4. The van der Waals surface area contributed by atoms with Crippen LogP contribution in [0.4, 0.5) is 0 Å². The van der Waals surface area contributed by atoms with E-state index in [1.165, 1.54) is 0 Å². The van der Waals surface area contributed by atoms with Crippen LogP contribution in [-0.4, -0.2) is 19.5 Å². The van der Waals surface area contributed by atoms with E-state index in [2.05, 4.69) is 186 Å². The second kappa shape index (κ2) is 14.4. The molecule has 0 amide bonds. The van der Waals surface area contributed by atoms with Crippen LogP contribution in [0.2, 0.25) is 0 Å². The van der Waals surface area contributed by atoms with E-state index in [1.54, 1.807) is 0 Å². The van der Waals surface area contributed by atoms with Gasteiger partial charge in [0.2, 0.25) is 0 Å². The number of fused-ring (bicyclic) bond motifs is 8. The van der Waals surface area contributed by atoms with Crippen LogP contribution in [0.15, 0.2) is 152 Å². The van der Waals surface area contributed by atoms with Crippen molar-refractivity contribution in [3.05, 3.63) is 174 Å². The Morgan fingerprint density at radius 3 is 1.48 bits per heavy atom. The first-order chi connectivity index (χ1) is 23.8. The minimum atomic E-state index is 0. The van der Waals surface area contributed by atoms with Gasteiger partial charge >= 0.3 is 19.5 Å². The third kappa shape index (κ3) is 6.21. The predicted octanol–water partition coefficient (Wildman–Crippen LogP) is 8.12. The molecule has 0 atom stereocenters. The fourth-order valence-electron chi connectivity index (χ4n) is 6.81. The number of para-hydroxylation sites is 1. The zero-order valence-corrected chi connectivity index (χ0v) is 30.6. The molecule has 0 aliphatic carbocycles. The van der Waals surface area contributed by atoms with Crippen LogP contribution in [0.3, 0.4) is 0 Å². The minimum Gasteiger partial charge on any atom is -1.00 e. The summed E-state index contributed by atoms with van der Waals surface area (Å²) in [6.45, 7) is 0. The normalized spacial score (nSPS) is 11.5.